The second kappa shape index (κ2) is 8.48. The minimum Gasteiger partial charge on any atom is -0.351 e. The third-order valence-corrected chi connectivity index (χ3v) is 4.03. The lowest BCUT2D eigenvalue weighted by Crippen LogP contribution is -2.41. The third-order valence-electron chi connectivity index (χ3n) is 4.03. The van der Waals surface area contributed by atoms with Crippen molar-refractivity contribution in [1.82, 2.24) is 25.1 Å². The highest BCUT2D eigenvalue weighted by Gasteiger charge is 2.36. The number of nitrogens with one attached hydrogen (secondary N) is 2. The van der Waals surface area contributed by atoms with E-state index in [-0.39, 0.29) is 17.7 Å². The molecular formula is C17H25F3N6. The summed E-state index contributed by atoms with van der Waals surface area (Å²) in [7, 11) is 1.65. The predicted molar refractivity (Wildman–Crippen MR) is 94.7 cm³/mol. The molecule has 2 aromatic rings. The standard InChI is InChI=1S/C15H19F3N6.C2H6/c1-9-5-11(3-4-19-9)22-14-20-7-12(15(16,17)18)13(23-14)10-6-21-24(2)8-10;1-2/h6-9,11,19H,3-5H2,1-2H3,(H,20,22,23);1-2H3. The fourth-order valence-electron chi connectivity index (χ4n) is 2.87. The van der Waals surface area contributed by atoms with Gasteiger partial charge in [0.15, 0.2) is 0 Å². The first-order chi connectivity index (χ1) is 12.3. The highest BCUT2D eigenvalue weighted by atomic mass is 19.4. The molecule has 0 aromatic carbocycles. The molecule has 1 aliphatic heterocycles. The van der Waals surface area contributed by atoms with E-state index in [1.807, 2.05) is 13.8 Å². The number of hydrogen-bond donors (Lipinski definition) is 2. The highest BCUT2D eigenvalue weighted by molar-refractivity contribution is 5.63. The second-order valence-electron chi connectivity index (χ2n) is 6.08. The average Bonchev–Trinajstić information content (AvgIpc) is 3.02. The molecule has 0 amide bonds. The maximum absolute atomic E-state index is 13.2. The molecule has 0 spiro atoms. The normalized spacial score (nSPS) is 20.3. The Labute approximate surface area is 151 Å². The van der Waals surface area contributed by atoms with Crippen LogP contribution in [0.25, 0.3) is 11.3 Å². The Bertz CT molecular complexity index is 713. The van der Waals surface area contributed by atoms with Crippen molar-refractivity contribution < 1.29 is 13.2 Å². The van der Waals surface area contributed by atoms with Crippen LogP contribution >= 0.6 is 0 Å². The van der Waals surface area contributed by atoms with Gasteiger partial charge >= 0.3 is 6.18 Å². The van der Waals surface area contributed by atoms with Crippen molar-refractivity contribution in [2.45, 2.75) is 51.9 Å². The SMILES string of the molecule is CC.CC1CC(Nc2ncc(C(F)(F)F)c(-c3cnn(C)c3)n2)CCN1. The molecule has 26 heavy (non-hydrogen) atoms. The van der Waals surface area contributed by atoms with E-state index < -0.39 is 11.7 Å². The van der Waals surface area contributed by atoms with Gasteiger partial charge in [-0.3, -0.25) is 4.68 Å². The molecule has 0 bridgehead atoms. The Balaban J connectivity index is 0.00000117. The lowest BCUT2D eigenvalue weighted by molar-refractivity contribution is -0.137. The van der Waals surface area contributed by atoms with E-state index in [9.17, 15) is 13.2 Å². The molecule has 1 aliphatic rings. The summed E-state index contributed by atoms with van der Waals surface area (Å²) in [5.74, 6) is 0.209. The average molecular weight is 370 g/mol. The van der Waals surface area contributed by atoms with Crippen molar-refractivity contribution in [2.24, 2.45) is 7.05 Å². The first kappa shape index (κ1) is 20.2. The van der Waals surface area contributed by atoms with Gasteiger partial charge in [0.1, 0.15) is 5.56 Å². The van der Waals surface area contributed by atoms with Crippen LogP contribution < -0.4 is 10.6 Å². The molecule has 0 saturated carbocycles. The molecule has 0 aliphatic carbocycles. The molecule has 2 aromatic heterocycles. The lowest BCUT2D eigenvalue weighted by Gasteiger charge is -2.28. The van der Waals surface area contributed by atoms with Gasteiger partial charge in [-0.15, -0.1) is 0 Å². The maximum atomic E-state index is 13.2. The van der Waals surface area contributed by atoms with Gasteiger partial charge < -0.3 is 10.6 Å². The Morgan fingerprint density at radius 3 is 2.58 bits per heavy atom. The summed E-state index contributed by atoms with van der Waals surface area (Å²) >= 11 is 0. The number of anilines is 1. The summed E-state index contributed by atoms with van der Waals surface area (Å²) in [6, 6.07) is 0.489. The van der Waals surface area contributed by atoms with Gasteiger partial charge in [-0.05, 0) is 26.3 Å². The molecule has 3 heterocycles. The molecule has 9 heteroatoms. The van der Waals surface area contributed by atoms with E-state index in [0.29, 0.717) is 11.6 Å². The van der Waals surface area contributed by atoms with Gasteiger partial charge in [0.25, 0.3) is 0 Å². The maximum Gasteiger partial charge on any atom is 0.419 e. The number of nitrogens with zero attached hydrogens (tertiary/aromatic N) is 4. The van der Waals surface area contributed by atoms with Gasteiger partial charge in [0.05, 0.1) is 11.9 Å². The minimum atomic E-state index is -4.52. The van der Waals surface area contributed by atoms with Gasteiger partial charge in [-0.1, -0.05) is 13.8 Å². The summed E-state index contributed by atoms with van der Waals surface area (Å²) in [4.78, 5) is 7.99. The smallest absolute Gasteiger partial charge is 0.351 e. The number of aromatic nitrogens is 4. The van der Waals surface area contributed by atoms with Crippen LogP contribution in [0.2, 0.25) is 0 Å². The largest absolute Gasteiger partial charge is 0.419 e. The quantitative estimate of drug-likeness (QED) is 0.866. The van der Waals surface area contributed by atoms with E-state index in [2.05, 4.69) is 32.6 Å². The Kier molecular flexibility index (Phi) is 6.57. The topological polar surface area (TPSA) is 67.7 Å². The van der Waals surface area contributed by atoms with Crippen molar-refractivity contribution in [1.29, 1.82) is 0 Å². The van der Waals surface area contributed by atoms with Crippen LogP contribution in [0.4, 0.5) is 19.1 Å². The molecule has 1 fully saturated rings. The van der Waals surface area contributed by atoms with Crippen LogP contribution in [0.3, 0.4) is 0 Å². The molecule has 2 unspecified atom stereocenters. The molecule has 2 atom stereocenters. The minimum absolute atomic E-state index is 0.139. The Hall–Kier alpha value is -2.16. The Morgan fingerprint density at radius 1 is 1.27 bits per heavy atom. The number of halogens is 3. The number of aryl methyl sites for hydroxylation is 1. The summed E-state index contributed by atoms with van der Waals surface area (Å²) in [5.41, 5.74) is -0.705. The lowest BCUT2D eigenvalue weighted by atomic mass is 10.0. The van der Waals surface area contributed by atoms with Crippen LogP contribution in [0.5, 0.6) is 0 Å². The van der Waals surface area contributed by atoms with Gasteiger partial charge in [-0.2, -0.15) is 18.3 Å². The molecule has 144 valence electrons. The van der Waals surface area contributed by atoms with Crippen LogP contribution in [0.15, 0.2) is 18.6 Å². The molecule has 0 radical (unpaired) electrons. The Morgan fingerprint density at radius 2 is 2.00 bits per heavy atom. The van der Waals surface area contributed by atoms with Crippen molar-refractivity contribution >= 4 is 5.95 Å². The second-order valence-corrected chi connectivity index (χ2v) is 6.08. The molecule has 6 nitrogen and oxygen atoms in total. The van der Waals surface area contributed by atoms with E-state index in [1.54, 1.807) is 7.05 Å². The first-order valence-electron chi connectivity index (χ1n) is 8.76. The van der Waals surface area contributed by atoms with Crippen LogP contribution in [0, 0.1) is 0 Å². The van der Waals surface area contributed by atoms with Gasteiger partial charge in [0, 0.05) is 37.1 Å². The zero-order valence-electron chi connectivity index (χ0n) is 15.4. The molecule has 2 N–H and O–H groups in total. The fourth-order valence-corrected chi connectivity index (χ4v) is 2.87. The van der Waals surface area contributed by atoms with E-state index >= 15 is 0 Å². The van der Waals surface area contributed by atoms with E-state index in [4.69, 9.17) is 0 Å². The summed E-state index contributed by atoms with van der Waals surface area (Å²) in [5, 5.41) is 10.4. The molecule has 1 saturated heterocycles. The van der Waals surface area contributed by atoms with Crippen LogP contribution in [-0.2, 0) is 13.2 Å². The van der Waals surface area contributed by atoms with Crippen LogP contribution in [-0.4, -0.2) is 38.4 Å². The first-order valence-corrected chi connectivity index (χ1v) is 8.76. The van der Waals surface area contributed by atoms with E-state index in [1.165, 1.54) is 17.1 Å². The van der Waals surface area contributed by atoms with E-state index in [0.717, 1.165) is 25.6 Å². The number of alkyl halides is 3. The summed E-state index contributed by atoms with van der Waals surface area (Å²) in [6.07, 6.45) is 0.931. The van der Waals surface area contributed by atoms with Gasteiger partial charge in [0.2, 0.25) is 5.95 Å². The van der Waals surface area contributed by atoms with Crippen molar-refractivity contribution in [3.8, 4) is 11.3 Å². The van der Waals surface area contributed by atoms with Crippen molar-refractivity contribution in [2.75, 3.05) is 11.9 Å². The molecular weight excluding hydrogens is 345 g/mol. The van der Waals surface area contributed by atoms with Crippen molar-refractivity contribution in [3.05, 3.63) is 24.2 Å². The summed E-state index contributed by atoms with van der Waals surface area (Å²) in [6.45, 7) is 6.93. The highest BCUT2D eigenvalue weighted by Crippen LogP contribution is 2.36. The molecule has 3 rings (SSSR count). The van der Waals surface area contributed by atoms with Gasteiger partial charge in [-0.25, -0.2) is 9.97 Å². The summed E-state index contributed by atoms with van der Waals surface area (Å²) < 4.78 is 41.2. The number of rotatable bonds is 3. The van der Waals surface area contributed by atoms with Crippen molar-refractivity contribution in [3.63, 3.8) is 0 Å². The zero-order valence-corrected chi connectivity index (χ0v) is 15.4. The monoisotopic (exact) mass is 370 g/mol. The predicted octanol–water partition coefficient (Wildman–Crippen LogP) is 3.47. The number of piperidine rings is 1. The third kappa shape index (κ3) is 4.94. The van der Waals surface area contributed by atoms with Crippen LogP contribution in [0.1, 0.15) is 39.2 Å². The zero-order chi connectivity index (χ0) is 19.3. The fraction of sp³-hybridized carbons (Fsp3) is 0.588. The number of hydrogen-bond acceptors (Lipinski definition) is 5.